The first kappa shape index (κ1) is 16.8. The van der Waals surface area contributed by atoms with Gasteiger partial charge in [-0.05, 0) is 0 Å². The molecule has 5 heteroatoms. The molecular weight excluding hydrogens is 196 g/mol. The van der Waals surface area contributed by atoms with Crippen LogP contribution in [-0.2, 0) is 4.79 Å². The minimum absolute atomic E-state index is 0.181. The minimum Gasteiger partial charge on any atom is -0.477 e. The van der Waals surface area contributed by atoms with Gasteiger partial charge in [0.1, 0.15) is 6.54 Å². The molecule has 5 nitrogen and oxygen atoms in total. The van der Waals surface area contributed by atoms with Crippen LogP contribution in [0.1, 0.15) is 0 Å². The fourth-order valence-electron chi connectivity index (χ4n) is 0.706. The highest BCUT2D eigenvalue weighted by Gasteiger charge is 2.11. The summed E-state index contributed by atoms with van der Waals surface area (Å²) >= 11 is 0. The molecule has 0 bridgehead atoms. The topological polar surface area (TPSA) is 57.5 Å². The lowest BCUT2D eigenvalue weighted by Crippen LogP contribution is -2.39. The van der Waals surface area contributed by atoms with Crippen molar-refractivity contribution in [3.63, 3.8) is 0 Å². The van der Waals surface area contributed by atoms with Gasteiger partial charge in [-0.1, -0.05) is 0 Å². The number of hydrogen-bond donors (Lipinski definition) is 2. The van der Waals surface area contributed by atoms with Crippen molar-refractivity contribution in [3.8, 4) is 0 Å². The lowest BCUT2D eigenvalue weighted by atomic mass is 10.5. The molecule has 0 rings (SSSR count). The quantitative estimate of drug-likeness (QED) is 0.628. The molecule has 0 fully saturated rings. The van der Waals surface area contributed by atoms with Crippen LogP contribution in [0.3, 0.4) is 0 Å². The number of aliphatic carboxylic acids is 1. The fourth-order valence-corrected chi connectivity index (χ4v) is 0.706. The van der Waals surface area contributed by atoms with E-state index in [0.717, 1.165) is 11.0 Å². The summed E-state index contributed by atoms with van der Waals surface area (Å²) in [5, 5.41) is 16.6. The predicted molar refractivity (Wildman–Crippen MR) is 60.5 cm³/mol. The third-order valence-electron chi connectivity index (χ3n) is 1.38. The zero-order valence-corrected chi connectivity index (χ0v) is 10.8. The first-order valence-corrected chi connectivity index (χ1v) is 4.91. The molecule has 0 spiro atoms. The number of carboxylic acid groups (broad SMARTS) is 1. The molecular formula is C10H26N2O3+2. The third kappa shape index (κ3) is 24.7. The number of nitrogens with zero attached hydrogens (tertiary/aromatic N) is 2. The van der Waals surface area contributed by atoms with Gasteiger partial charge in [0.15, 0.2) is 6.54 Å². The van der Waals surface area contributed by atoms with E-state index in [-0.39, 0.29) is 13.2 Å². The molecule has 0 amide bonds. The smallest absolute Gasteiger partial charge is 0.359 e. The van der Waals surface area contributed by atoms with Gasteiger partial charge < -0.3 is 19.2 Å². The van der Waals surface area contributed by atoms with Gasteiger partial charge in [0, 0.05) is 0 Å². The van der Waals surface area contributed by atoms with E-state index in [4.69, 9.17) is 10.2 Å². The lowest BCUT2D eigenvalue weighted by molar-refractivity contribution is -0.870. The summed E-state index contributed by atoms with van der Waals surface area (Å²) in [5.74, 6) is -0.752. The second-order valence-electron chi connectivity index (χ2n) is 5.58. The van der Waals surface area contributed by atoms with Gasteiger partial charge >= 0.3 is 5.97 Å². The van der Waals surface area contributed by atoms with E-state index in [1.54, 1.807) is 0 Å². The number of rotatable bonds is 4. The SMILES string of the molecule is C[N+](C)(C)CC(=O)O.C[N+](C)(C)CCO. The van der Waals surface area contributed by atoms with Gasteiger partial charge in [-0.3, -0.25) is 0 Å². The second kappa shape index (κ2) is 6.76. The van der Waals surface area contributed by atoms with Gasteiger partial charge in [-0.2, -0.15) is 0 Å². The molecule has 0 unspecified atom stereocenters. The van der Waals surface area contributed by atoms with Gasteiger partial charge in [0.2, 0.25) is 0 Å². The number of aliphatic hydroxyl groups is 1. The van der Waals surface area contributed by atoms with E-state index < -0.39 is 5.97 Å². The Hall–Kier alpha value is -0.650. The molecule has 0 aromatic rings. The molecule has 0 aromatic heterocycles. The summed E-state index contributed by atoms with van der Waals surface area (Å²) in [6.45, 7) is 1.30. The molecule has 0 saturated carbocycles. The highest BCUT2D eigenvalue weighted by molar-refractivity contribution is 5.67. The van der Waals surface area contributed by atoms with Crippen LogP contribution in [0.4, 0.5) is 0 Å². The first-order valence-electron chi connectivity index (χ1n) is 4.91. The Morgan fingerprint density at radius 1 is 1.00 bits per heavy atom. The Morgan fingerprint density at radius 3 is 1.40 bits per heavy atom. The highest BCUT2D eigenvalue weighted by atomic mass is 16.4. The van der Waals surface area contributed by atoms with Crippen molar-refractivity contribution >= 4 is 5.97 Å². The van der Waals surface area contributed by atoms with E-state index in [0.29, 0.717) is 4.48 Å². The maximum absolute atomic E-state index is 10.00. The normalized spacial score (nSPS) is 11.7. The first-order chi connectivity index (χ1) is 6.48. The van der Waals surface area contributed by atoms with E-state index >= 15 is 0 Å². The molecule has 0 saturated heterocycles. The number of likely N-dealkylation sites (N-methyl/N-ethyl adjacent to an activating group) is 2. The van der Waals surface area contributed by atoms with E-state index in [9.17, 15) is 4.79 Å². The maximum Gasteiger partial charge on any atom is 0.359 e. The van der Waals surface area contributed by atoms with Crippen molar-refractivity contribution in [2.45, 2.75) is 0 Å². The standard InChI is InChI=1S/C5H11NO2.C5H14NO/c1-6(2,3)4-5(7)8;1-6(2,3)4-5-7/h4H2,1-3H3;7H,4-5H2,1-3H3/q;+1/p+1. The van der Waals surface area contributed by atoms with Crippen molar-refractivity contribution in [3.05, 3.63) is 0 Å². The molecule has 92 valence electrons. The largest absolute Gasteiger partial charge is 0.477 e. The van der Waals surface area contributed by atoms with E-state index in [1.165, 1.54) is 0 Å². The van der Waals surface area contributed by atoms with Crippen molar-refractivity contribution in [2.75, 3.05) is 62.0 Å². The predicted octanol–water partition coefficient (Wildman–Crippen LogP) is -0.538. The van der Waals surface area contributed by atoms with Crippen LogP contribution in [0.25, 0.3) is 0 Å². The molecule has 0 radical (unpaired) electrons. The highest BCUT2D eigenvalue weighted by Crippen LogP contribution is 1.86. The van der Waals surface area contributed by atoms with Gasteiger partial charge in [0.25, 0.3) is 0 Å². The molecule has 2 N–H and O–H groups in total. The summed E-state index contributed by atoms with van der Waals surface area (Å²) in [6.07, 6.45) is 0. The average molecular weight is 222 g/mol. The van der Waals surface area contributed by atoms with Crippen molar-refractivity contribution in [1.82, 2.24) is 0 Å². The molecule has 0 aromatic carbocycles. The molecule has 15 heavy (non-hydrogen) atoms. The van der Waals surface area contributed by atoms with Crippen molar-refractivity contribution in [1.29, 1.82) is 0 Å². The van der Waals surface area contributed by atoms with Crippen LogP contribution >= 0.6 is 0 Å². The number of quaternary nitrogens is 2. The van der Waals surface area contributed by atoms with Crippen LogP contribution in [-0.4, -0.2) is 87.1 Å². The van der Waals surface area contributed by atoms with Crippen LogP contribution in [0.5, 0.6) is 0 Å². The average Bonchev–Trinajstić information content (AvgIpc) is 1.77. The fraction of sp³-hybridized carbons (Fsp3) is 0.900. The molecule has 0 heterocycles. The van der Waals surface area contributed by atoms with Gasteiger partial charge in [-0.15, -0.1) is 0 Å². The van der Waals surface area contributed by atoms with Gasteiger partial charge in [-0.25, -0.2) is 4.79 Å². The Labute approximate surface area is 92.7 Å². The number of aliphatic hydroxyl groups excluding tert-OH is 1. The van der Waals surface area contributed by atoms with Crippen LogP contribution in [0.2, 0.25) is 0 Å². The van der Waals surface area contributed by atoms with Crippen LogP contribution in [0, 0.1) is 0 Å². The molecule has 0 aliphatic carbocycles. The second-order valence-corrected chi connectivity index (χ2v) is 5.58. The number of hydrogen-bond acceptors (Lipinski definition) is 2. The molecule has 0 aliphatic heterocycles. The Morgan fingerprint density at radius 2 is 1.40 bits per heavy atom. The van der Waals surface area contributed by atoms with E-state index in [1.807, 2.05) is 21.1 Å². The summed E-state index contributed by atoms with van der Waals surface area (Å²) in [7, 11) is 11.7. The van der Waals surface area contributed by atoms with Gasteiger partial charge in [0.05, 0.1) is 48.9 Å². The summed E-state index contributed by atoms with van der Waals surface area (Å²) in [5.41, 5.74) is 0. The number of carbonyl (C=O) groups is 1. The lowest BCUT2D eigenvalue weighted by Gasteiger charge is -2.21. The van der Waals surface area contributed by atoms with Crippen LogP contribution in [0.15, 0.2) is 0 Å². The van der Waals surface area contributed by atoms with E-state index in [2.05, 4.69) is 21.1 Å². The Bertz CT molecular complexity index is 180. The summed E-state index contributed by atoms with van der Waals surface area (Å²) < 4.78 is 1.33. The molecule has 0 aliphatic rings. The van der Waals surface area contributed by atoms with Crippen molar-refractivity contribution < 1.29 is 24.0 Å². The number of carboxylic acids is 1. The van der Waals surface area contributed by atoms with Crippen molar-refractivity contribution in [2.24, 2.45) is 0 Å². The maximum atomic E-state index is 10.00. The minimum atomic E-state index is -0.752. The summed E-state index contributed by atoms with van der Waals surface area (Å²) in [4.78, 5) is 10.00. The Kier molecular flexibility index (Phi) is 7.56. The third-order valence-corrected chi connectivity index (χ3v) is 1.38. The zero-order chi connectivity index (χ0) is 12.7. The zero-order valence-electron chi connectivity index (χ0n) is 10.8. The van der Waals surface area contributed by atoms with Crippen LogP contribution < -0.4 is 0 Å². The summed E-state index contributed by atoms with van der Waals surface area (Å²) in [6, 6.07) is 0. The monoisotopic (exact) mass is 222 g/mol. The molecule has 0 atom stereocenters. The Balaban J connectivity index is 0.